The molecule has 2 nitrogen and oxygen atoms in total. The van der Waals surface area contributed by atoms with Crippen molar-refractivity contribution in [3.63, 3.8) is 0 Å². The Bertz CT molecular complexity index is 467. The van der Waals surface area contributed by atoms with Gasteiger partial charge in [0.1, 0.15) is 6.17 Å². The Hall–Kier alpha value is -1.38. The maximum atomic E-state index is 4.54. The molecule has 0 aromatic heterocycles. The summed E-state index contributed by atoms with van der Waals surface area (Å²) in [6.45, 7) is 1.92. The molecular weight excluding hydrogens is 184 g/mol. The van der Waals surface area contributed by atoms with Gasteiger partial charge in [-0.1, -0.05) is 42.5 Å². The van der Waals surface area contributed by atoms with Gasteiger partial charge in [-0.2, -0.15) is 0 Å². The van der Waals surface area contributed by atoms with Crippen molar-refractivity contribution < 1.29 is 0 Å². The molecule has 1 fully saturated rings. The van der Waals surface area contributed by atoms with Crippen molar-refractivity contribution >= 4 is 10.8 Å². The predicted octanol–water partition coefficient (Wildman–Crippen LogP) is 2.05. The largest absolute Gasteiger partial charge is 0.296 e. The van der Waals surface area contributed by atoms with Crippen LogP contribution in [0.25, 0.3) is 10.8 Å². The molecule has 15 heavy (non-hydrogen) atoms. The van der Waals surface area contributed by atoms with Gasteiger partial charge >= 0.3 is 0 Å². The summed E-state index contributed by atoms with van der Waals surface area (Å²) in [5.41, 5.74) is 1.30. The van der Waals surface area contributed by atoms with Crippen molar-refractivity contribution in [2.45, 2.75) is 6.17 Å². The van der Waals surface area contributed by atoms with Crippen molar-refractivity contribution in [3.8, 4) is 0 Å². The smallest absolute Gasteiger partial charge is 0.100 e. The topological polar surface area (TPSA) is 26.1 Å². The molecular formula is C13H13N2. The number of hydrogen-bond acceptors (Lipinski definition) is 1. The molecule has 75 valence electrons. The summed E-state index contributed by atoms with van der Waals surface area (Å²) in [5, 5.41) is 10.5. The average molecular weight is 197 g/mol. The van der Waals surface area contributed by atoms with Crippen molar-refractivity contribution in [1.29, 1.82) is 0 Å². The third-order valence-electron chi connectivity index (χ3n) is 2.88. The maximum absolute atomic E-state index is 4.54. The van der Waals surface area contributed by atoms with E-state index in [0.29, 0.717) is 0 Å². The normalized spacial score (nSPS) is 17.3. The minimum Gasteiger partial charge on any atom is -0.296 e. The predicted molar refractivity (Wildman–Crippen MR) is 61.7 cm³/mol. The molecule has 1 aliphatic heterocycles. The van der Waals surface area contributed by atoms with Crippen LogP contribution in [0.2, 0.25) is 0 Å². The molecule has 1 radical (unpaired) electrons. The van der Waals surface area contributed by atoms with Crippen LogP contribution in [0.1, 0.15) is 11.7 Å². The van der Waals surface area contributed by atoms with E-state index in [-0.39, 0.29) is 6.17 Å². The molecule has 0 bridgehead atoms. The third kappa shape index (κ3) is 1.52. The van der Waals surface area contributed by atoms with E-state index in [1.165, 1.54) is 16.3 Å². The summed E-state index contributed by atoms with van der Waals surface area (Å²) in [7, 11) is 0. The molecule has 0 aliphatic carbocycles. The van der Waals surface area contributed by atoms with Crippen LogP contribution in [0.5, 0.6) is 0 Å². The van der Waals surface area contributed by atoms with Crippen LogP contribution < -0.4 is 10.6 Å². The molecule has 0 amide bonds. The van der Waals surface area contributed by atoms with Crippen molar-refractivity contribution in [1.82, 2.24) is 10.6 Å². The van der Waals surface area contributed by atoms with Crippen LogP contribution in [0.15, 0.2) is 42.5 Å². The van der Waals surface area contributed by atoms with Gasteiger partial charge in [-0.15, -0.1) is 0 Å². The van der Waals surface area contributed by atoms with Crippen molar-refractivity contribution in [3.05, 3.63) is 48.0 Å². The maximum Gasteiger partial charge on any atom is 0.100 e. The van der Waals surface area contributed by atoms with Gasteiger partial charge in [0, 0.05) is 13.1 Å². The summed E-state index contributed by atoms with van der Waals surface area (Å²) >= 11 is 0. The first-order chi connectivity index (χ1) is 7.45. The number of nitrogens with zero attached hydrogens (tertiary/aromatic N) is 1. The Kier molecular flexibility index (Phi) is 2.16. The Morgan fingerprint density at radius 1 is 1.07 bits per heavy atom. The number of fused-ring (bicyclic) bond motifs is 1. The van der Waals surface area contributed by atoms with Gasteiger partial charge < -0.3 is 0 Å². The van der Waals surface area contributed by atoms with E-state index in [2.05, 4.69) is 53.1 Å². The highest BCUT2D eigenvalue weighted by Gasteiger charge is 2.18. The SMILES string of the molecule is c1ccc2c(C3[N]CCN3)cccc2c1. The summed E-state index contributed by atoms with van der Waals surface area (Å²) in [6.07, 6.45) is 0.191. The van der Waals surface area contributed by atoms with E-state index in [1.807, 2.05) is 0 Å². The fraction of sp³-hybridized carbons (Fsp3) is 0.231. The Morgan fingerprint density at radius 2 is 1.93 bits per heavy atom. The zero-order valence-electron chi connectivity index (χ0n) is 8.48. The first-order valence-electron chi connectivity index (χ1n) is 5.33. The van der Waals surface area contributed by atoms with E-state index < -0.39 is 0 Å². The molecule has 1 heterocycles. The quantitative estimate of drug-likeness (QED) is 0.744. The molecule has 1 aliphatic rings. The lowest BCUT2D eigenvalue weighted by molar-refractivity contribution is 0.583. The lowest BCUT2D eigenvalue weighted by Crippen LogP contribution is -2.17. The lowest BCUT2D eigenvalue weighted by atomic mass is 10.0. The molecule has 1 unspecified atom stereocenters. The summed E-state index contributed by atoms with van der Waals surface area (Å²) in [6, 6.07) is 14.9. The minimum absolute atomic E-state index is 0.191. The van der Waals surface area contributed by atoms with Gasteiger partial charge in [0.05, 0.1) is 0 Å². The van der Waals surface area contributed by atoms with E-state index in [9.17, 15) is 0 Å². The van der Waals surface area contributed by atoms with Crippen LogP contribution in [0.3, 0.4) is 0 Å². The zero-order valence-corrected chi connectivity index (χ0v) is 8.48. The monoisotopic (exact) mass is 197 g/mol. The zero-order chi connectivity index (χ0) is 10.1. The number of nitrogens with one attached hydrogen (secondary N) is 1. The standard InChI is InChI=1S/C13H13N2/c1-2-6-11-10(4-1)5-3-7-12(11)13-14-8-9-15-13/h1-7,13-14H,8-9H2. The van der Waals surface area contributed by atoms with Gasteiger partial charge in [0.25, 0.3) is 0 Å². The van der Waals surface area contributed by atoms with E-state index in [0.717, 1.165) is 13.1 Å². The summed E-state index contributed by atoms with van der Waals surface area (Å²) < 4.78 is 0. The van der Waals surface area contributed by atoms with Gasteiger partial charge in [0.2, 0.25) is 0 Å². The molecule has 2 aromatic carbocycles. The van der Waals surface area contributed by atoms with Gasteiger partial charge in [-0.3, -0.25) is 5.32 Å². The van der Waals surface area contributed by atoms with Crippen LogP contribution in [-0.2, 0) is 0 Å². The van der Waals surface area contributed by atoms with E-state index >= 15 is 0 Å². The fourth-order valence-corrected chi connectivity index (χ4v) is 2.16. The van der Waals surface area contributed by atoms with Crippen LogP contribution in [-0.4, -0.2) is 13.1 Å². The van der Waals surface area contributed by atoms with Gasteiger partial charge in [0.15, 0.2) is 0 Å². The Morgan fingerprint density at radius 3 is 2.80 bits per heavy atom. The highest BCUT2D eigenvalue weighted by atomic mass is 15.2. The number of rotatable bonds is 1. The molecule has 0 spiro atoms. The average Bonchev–Trinajstić information content (AvgIpc) is 2.82. The van der Waals surface area contributed by atoms with Crippen LogP contribution in [0, 0.1) is 0 Å². The van der Waals surface area contributed by atoms with E-state index in [1.54, 1.807) is 0 Å². The Labute approximate surface area is 89.3 Å². The number of hydrogen-bond donors (Lipinski definition) is 1. The molecule has 1 N–H and O–H groups in total. The molecule has 1 atom stereocenters. The summed E-state index contributed by atoms with van der Waals surface area (Å²) in [4.78, 5) is 0. The van der Waals surface area contributed by atoms with Crippen molar-refractivity contribution in [2.24, 2.45) is 0 Å². The second kappa shape index (κ2) is 3.65. The fourth-order valence-electron chi connectivity index (χ4n) is 2.16. The highest BCUT2D eigenvalue weighted by Crippen LogP contribution is 2.24. The second-order valence-electron chi connectivity index (χ2n) is 3.83. The first-order valence-corrected chi connectivity index (χ1v) is 5.33. The number of benzene rings is 2. The highest BCUT2D eigenvalue weighted by molar-refractivity contribution is 5.86. The van der Waals surface area contributed by atoms with Crippen LogP contribution >= 0.6 is 0 Å². The molecule has 1 saturated heterocycles. The van der Waals surface area contributed by atoms with Crippen LogP contribution in [0.4, 0.5) is 0 Å². The second-order valence-corrected chi connectivity index (χ2v) is 3.83. The third-order valence-corrected chi connectivity index (χ3v) is 2.88. The minimum atomic E-state index is 0.191. The first kappa shape index (κ1) is 8.89. The van der Waals surface area contributed by atoms with Crippen molar-refractivity contribution in [2.75, 3.05) is 13.1 Å². The molecule has 3 rings (SSSR count). The van der Waals surface area contributed by atoms with Gasteiger partial charge in [-0.05, 0) is 16.3 Å². The molecule has 2 aromatic rings. The Balaban J connectivity index is 2.16. The molecule has 0 saturated carbocycles. The van der Waals surface area contributed by atoms with E-state index in [4.69, 9.17) is 0 Å². The molecule has 2 heteroatoms. The summed E-state index contributed by atoms with van der Waals surface area (Å²) in [5.74, 6) is 0. The lowest BCUT2D eigenvalue weighted by Gasteiger charge is -2.12. The van der Waals surface area contributed by atoms with Gasteiger partial charge in [-0.25, -0.2) is 5.32 Å².